The van der Waals surface area contributed by atoms with Crippen molar-refractivity contribution in [3.63, 3.8) is 0 Å². The van der Waals surface area contributed by atoms with Crippen molar-refractivity contribution < 1.29 is 9.53 Å². The van der Waals surface area contributed by atoms with E-state index in [1.807, 2.05) is 43.3 Å². The number of carbonyl (C=O) groups excluding carboxylic acids is 1. The van der Waals surface area contributed by atoms with E-state index in [4.69, 9.17) is 9.73 Å². The number of carbonyl (C=O) groups is 1. The molecular weight excluding hydrogens is 380 g/mol. The molecule has 29 heavy (non-hydrogen) atoms. The van der Waals surface area contributed by atoms with Crippen LogP contribution in [0.5, 0.6) is 5.75 Å². The van der Waals surface area contributed by atoms with Crippen LogP contribution in [0.25, 0.3) is 6.08 Å². The van der Waals surface area contributed by atoms with Gasteiger partial charge in [0.05, 0.1) is 17.7 Å². The van der Waals surface area contributed by atoms with Gasteiger partial charge in [0, 0.05) is 6.54 Å². The number of benzene rings is 2. The maximum atomic E-state index is 13.1. The first kappa shape index (κ1) is 21.2. The Morgan fingerprint density at radius 3 is 2.55 bits per heavy atom. The molecule has 1 fully saturated rings. The Morgan fingerprint density at radius 2 is 1.93 bits per heavy atom. The van der Waals surface area contributed by atoms with Crippen LogP contribution in [0, 0.1) is 6.92 Å². The fourth-order valence-corrected chi connectivity index (χ4v) is 4.28. The largest absolute Gasteiger partial charge is 0.496 e. The second-order valence-electron chi connectivity index (χ2n) is 7.40. The quantitative estimate of drug-likeness (QED) is 0.539. The topological polar surface area (TPSA) is 41.9 Å². The molecule has 0 N–H and O–H groups in total. The van der Waals surface area contributed by atoms with Gasteiger partial charge >= 0.3 is 0 Å². The number of methoxy groups -OCH3 is 1. The van der Waals surface area contributed by atoms with E-state index in [-0.39, 0.29) is 5.91 Å². The Morgan fingerprint density at radius 1 is 1.21 bits per heavy atom. The molecule has 1 aliphatic rings. The smallest absolute Gasteiger partial charge is 0.266 e. The molecule has 0 aromatic heterocycles. The number of para-hydroxylation sites is 1. The molecule has 0 aliphatic carbocycles. The zero-order valence-corrected chi connectivity index (χ0v) is 18.5. The minimum Gasteiger partial charge on any atom is -0.496 e. The van der Waals surface area contributed by atoms with Crippen molar-refractivity contribution in [2.75, 3.05) is 13.7 Å². The van der Waals surface area contributed by atoms with Crippen molar-refractivity contribution in [2.45, 2.75) is 40.0 Å². The number of ether oxygens (including phenoxy) is 1. The summed E-state index contributed by atoms with van der Waals surface area (Å²) in [6, 6.07) is 14.0. The zero-order chi connectivity index (χ0) is 21.0. The molecule has 1 aliphatic heterocycles. The number of aliphatic imine (C=N–C) groups is 1. The van der Waals surface area contributed by atoms with E-state index in [0.29, 0.717) is 17.4 Å². The summed E-state index contributed by atoms with van der Waals surface area (Å²) in [6.45, 7) is 9.07. The zero-order valence-electron chi connectivity index (χ0n) is 17.7. The van der Waals surface area contributed by atoms with E-state index in [1.54, 1.807) is 12.0 Å². The highest BCUT2D eigenvalue weighted by Crippen LogP contribution is 2.36. The third-order valence-corrected chi connectivity index (χ3v) is 5.85. The molecule has 0 bridgehead atoms. The predicted molar refractivity (Wildman–Crippen MR) is 123 cm³/mol. The molecule has 2 aromatic carbocycles. The van der Waals surface area contributed by atoms with E-state index in [1.165, 1.54) is 11.8 Å². The Bertz CT molecular complexity index is 949. The van der Waals surface area contributed by atoms with Gasteiger partial charge in [-0.2, -0.15) is 0 Å². The molecule has 4 nitrogen and oxygen atoms in total. The van der Waals surface area contributed by atoms with Crippen LogP contribution >= 0.6 is 11.8 Å². The molecule has 0 atom stereocenters. The maximum Gasteiger partial charge on any atom is 0.266 e. The molecule has 2 aromatic rings. The Labute approximate surface area is 177 Å². The number of nitrogens with zero attached hydrogens (tertiary/aromatic N) is 2. The summed E-state index contributed by atoms with van der Waals surface area (Å²) >= 11 is 1.45. The van der Waals surface area contributed by atoms with Crippen LogP contribution in [-0.2, 0) is 4.79 Å². The highest BCUT2D eigenvalue weighted by Gasteiger charge is 2.33. The minimum atomic E-state index is 0.0212. The van der Waals surface area contributed by atoms with Gasteiger partial charge in [-0.25, -0.2) is 4.99 Å². The van der Waals surface area contributed by atoms with Crippen molar-refractivity contribution in [3.05, 3.63) is 64.1 Å². The fourth-order valence-electron chi connectivity index (χ4n) is 3.27. The molecule has 1 heterocycles. The van der Waals surface area contributed by atoms with Gasteiger partial charge in [-0.3, -0.25) is 9.69 Å². The Kier molecular flexibility index (Phi) is 6.80. The first-order valence-electron chi connectivity index (χ1n) is 9.98. The summed E-state index contributed by atoms with van der Waals surface area (Å²) in [4.78, 5) is 20.3. The third kappa shape index (κ3) is 4.73. The maximum absolute atomic E-state index is 13.1. The summed E-state index contributed by atoms with van der Waals surface area (Å²) < 4.78 is 5.55. The first-order valence-corrected chi connectivity index (χ1v) is 10.8. The number of thioether (sulfide) groups is 1. The molecule has 5 heteroatoms. The molecule has 0 saturated carbocycles. The van der Waals surface area contributed by atoms with Crippen LogP contribution in [0.3, 0.4) is 0 Å². The van der Waals surface area contributed by atoms with Gasteiger partial charge in [0.25, 0.3) is 5.91 Å². The number of amidine groups is 1. The van der Waals surface area contributed by atoms with Crippen molar-refractivity contribution in [1.29, 1.82) is 0 Å². The van der Waals surface area contributed by atoms with E-state index in [0.717, 1.165) is 39.7 Å². The van der Waals surface area contributed by atoms with Gasteiger partial charge in [0.15, 0.2) is 5.17 Å². The van der Waals surface area contributed by atoms with Gasteiger partial charge in [-0.15, -0.1) is 0 Å². The standard InChI is InChI=1S/C24H28N2O2S/c1-6-12-26-23(27)22(29-24(26)25-19-10-8-7-9-11-19)15-18-14-20(16(2)3)21(28-5)13-17(18)4/h7-11,13-16H,6,12H2,1-5H3/b22-15+,25-24?. The molecule has 0 radical (unpaired) electrons. The first-order chi connectivity index (χ1) is 13.9. The van der Waals surface area contributed by atoms with Gasteiger partial charge in [-0.1, -0.05) is 39.0 Å². The minimum absolute atomic E-state index is 0.0212. The van der Waals surface area contributed by atoms with E-state index in [9.17, 15) is 4.79 Å². The van der Waals surface area contributed by atoms with Crippen LogP contribution in [0.4, 0.5) is 5.69 Å². The van der Waals surface area contributed by atoms with Gasteiger partial charge in [0.1, 0.15) is 5.75 Å². The normalized spacial score (nSPS) is 17.0. The molecular formula is C24H28N2O2S. The second-order valence-corrected chi connectivity index (χ2v) is 8.41. The predicted octanol–water partition coefficient (Wildman–Crippen LogP) is 6.14. The van der Waals surface area contributed by atoms with Crippen molar-refractivity contribution >= 4 is 34.6 Å². The third-order valence-electron chi connectivity index (χ3n) is 4.84. The molecule has 1 saturated heterocycles. The number of rotatable bonds is 6. The summed E-state index contributed by atoms with van der Waals surface area (Å²) in [5.41, 5.74) is 4.13. The number of aryl methyl sites for hydroxylation is 1. The van der Waals surface area contributed by atoms with Crippen LogP contribution < -0.4 is 4.74 Å². The van der Waals surface area contributed by atoms with Crippen LogP contribution in [0.2, 0.25) is 0 Å². The lowest BCUT2D eigenvalue weighted by Gasteiger charge is -2.15. The highest BCUT2D eigenvalue weighted by atomic mass is 32.2. The van der Waals surface area contributed by atoms with Crippen LogP contribution in [0.1, 0.15) is 49.8 Å². The summed E-state index contributed by atoms with van der Waals surface area (Å²) in [7, 11) is 1.70. The Hall–Kier alpha value is -2.53. The van der Waals surface area contributed by atoms with Gasteiger partial charge in [0.2, 0.25) is 0 Å². The lowest BCUT2D eigenvalue weighted by atomic mass is 9.96. The van der Waals surface area contributed by atoms with Gasteiger partial charge in [-0.05, 0) is 78.1 Å². The van der Waals surface area contributed by atoms with Crippen molar-refractivity contribution in [1.82, 2.24) is 4.90 Å². The van der Waals surface area contributed by atoms with Crippen molar-refractivity contribution in [3.8, 4) is 5.75 Å². The Balaban J connectivity index is 2.00. The van der Waals surface area contributed by atoms with E-state index in [2.05, 4.69) is 32.9 Å². The lowest BCUT2D eigenvalue weighted by Crippen LogP contribution is -2.29. The molecule has 1 amide bonds. The van der Waals surface area contributed by atoms with Gasteiger partial charge < -0.3 is 4.74 Å². The summed E-state index contributed by atoms with van der Waals surface area (Å²) in [6.07, 6.45) is 2.87. The SMILES string of the molecule is CCCN1C(=O)/C(=C\c2cc(C(C)C)c(OC)cc2C)SC1=Nc1ccccc1. The van der Waals surface area contributed by atoms with E-state index < -0.39 is 0 Å². The average molecular weight is 409 g/mol. The lowest BCUT2D eigenvalue weighted by molar-refractivity contribution is -0.122. The highest BCUT2D eigenvalue weighted by molar-refractivity contribution is 8.18. The van der Waals surface area contributed by atoms with Crippen molar-refractivity contribution in [2.24, 2.45) is 4.99 Å². The summed E-state index contributed by atoms with van der Waals surface area (Å²) in [5, 5.41) is 0.740. The number of hydrogen-bond acceptors (Lipinski definition) is 4. The summed E-state index contributed by atoms with van der Waals surface area (Å²) in [5.74, 6) is 1.25. The monoisotopic (exact) mass is 408 g/mol. The second kappa shape index (κ2) is 9.31. The molecule has 0 spiro atoms. The fraction of sp³-hybridized carbons (Fsp3) is 0.333. The van der Waals surface area contributed by atoms with E-state index >= 15 is 0 Å². The molecule has 0 unspecified atom stereocenters. The van der Waals surface area contributed by atoms with Crippen LogP contribution in [-0.4, -0.2) is 29.6 Å². The molecule has 152 valence electrons. The molecule has 3 rings (SSSR count). The average Bonchev–Trinajstić information content (AvgIpc) is 2.99. The number of hydrogen-bond donors (Lipinski definition) is 0. The number of amides is 1. The van der Waals surface area contributed by atoms with Crippen LogP contribution in [0.15, 0.2) is 52.4 Å².